The number of halogens is 1. The molecule has 3 aliphatic rings. The van der Waals surface area contributed by atoms with Crippen molar-refractivity contribution in [1.29, 1.82) is 0 Å². The second-order valence-corrected chi connectivity index (χ2v) is 7.65. The number of hydrogen-bond donors (Lipinski definition) is 0. The number of nitrogens with zero attached hydrogens (tertiary/aromatic N) is 1. The minimum atomic E-state index is -1.06. The zero-order valence-corrected chi connectivity index (χ0v) is 14.9. The molecule has 1 aliphatic heterocycles. The van der Waals surface area contributed by atoms with Crippen LogP contribution in [0.1, 0.15) is 36.5 Å². The molecule has 1 heterocycles. The molecule has 6 nitrogen and oxygen atoms in total. The first kappa shape index (κ1) is 17.8. The van der Waals surface area contributed by atoms with Crippen molar-refractivity contribution >= 4 is 23.6 Å². The number of ketones is 1. The number of amides is 2. The maximum atomic E-state index is 12.9. The standard InChI is InChI=1S/C20H20FNO5/c1-10(20(26)27-9-15(23)11-4-6-14(21)7-5-11)22-18(24)16-12-2-3-13(8-12)17(16)19(22)25/h4-7,10,12-13,16-17H,2-3,8-9H2,1H3/t10-,12-,13-,16-,17+/m0/s1. The molecule has 1 saturated heterocycles. The highest BCUT2D eigenvalue weighted by molar-refractivity contribution is 6.08. The van der Waals surface area contributed by atoms with Crippen molar-refractivity contribution in [2.24, 2.45) is 23.7 Å². The topological polar surface area (TPSA) is 80.8 Å². The average Bonchev–Trinajstić information content (AvgIpc) is 3.33. The quantitative estimate of drug-likeness (QED) is 0.448. The van der Waals surface area contributed by atoms with Crippen molar-refractivity contribution in [1.82, 2.24) is 4.90 Å². The van der Waals surface area contributed by atoms with Gasteiger partial charge in [-0.1, -0.05) is 0 Å². The fourth-order valence-electron chi connectivity index (χ4n) is 4.90. The van der Waals surface area contributed by atoms with Crippen LogP contribution in [0.5, 0.6) is 0 Å². The highest BCUT2D eigenvalue weighted by atomic mass is 19.1. The summed E-state index contributed by atoms with van der Waals surface area (Å²) >= 11 is 0. The van der Waals surface area contributed by atoms with E-state index in [1.165, 1.54) is 19.1 Å². The molecule has 0 spiro atoms. The van der Waals surface area contributed by atoms with Crippen LogP contribution >= 0.6 is 0 Å². The summed E-state index contributed by atoms with van der Waals surface area (Å²) in [5.41, 5.74) is 0.219. The Labute approximate surface area is 155 Å². The van der Waals surface area contributed by atoms with Crippen LogP contribution in [0.3, 0.4) is 0 Å². The summed E-state index contributed by atoms with van der Waals surface area (Å²) in [6, 6.07) is 3.84. The maximum absolute atomic E-state index is 12.9. The summed E-state index contributed by atoms with van der Waals surface area (Å²) in [4.78, 5) is 50.8. The molecule has 2 saturated carbocycles. The van der Waals surface area contributed by atoms with E-state index < -0.39 is 30.2 Å². The van der Waals surface area contributed by atoms with E-state index in [4.69, 9.17) is 4.74 Å². The summed E-state index contributed by atoms with van der Waals surface area (Å²) in [5.74, 6) is -2.43. The Hall–Kier alpha value is -2.57. The van der Waals surface area contributed by atoms with E-state index in [1.54, 1.807) is 0 Å². The van der Waals surface area contributed by atoms with E-state index in [0.29, 0.717) is 0 Å². The predicted octanol–water partition coefficient (Wildman–Crippen LogP) is 1.97. The Morgan fingerprint density at radius 1 is 1.11 bits per heavy atom. The fraction of sp³-hybridized carbons (Fsp3) is 0.500. The van der Waals surface area contributed by atoms with Crippen LogP contribution in [0, 0.1) is 29.5 Å². The van der Waals surface area contributed by atoms with E-state index in [-0.39, 0.29) is 41.0 Å². The second-order valence-electron chi connectivity index (χ2n) is 7.65. The zero-order valence-electron chi connectivity index (χ0n) is 14.9. The highest BCUT2D eigenvalue weighted by Gasteiger charge is 2.62. The lowest BCUT2D eigenvalue weighted by molar-refractivity contribution is -0.157. The van der Waals surface area contributed by atoms with Crippen molar-refractivity contribution < 1.29 is 28.3 Å². The van der Waals surface area contributed by atoms with Gasteiger partial charge in [-0.25, -0.2) is 9.18 Å². The highest BCUT2D eigenvalue weighted by Crippen LogP contribution is 2.56. The Kier molecular flexibility index (Phi) is 4.32. The number of imide groups is 1. The molecular weight excluding hydrogens is 353 g/mol. The van der Waals surface area contributed by atoms with Gasteiger partial charge in [-0.15, -0.1) is 0 Å². The van der Waals surface area contributed by atoms with Crippen molar-refractivity contribution in [3.8, 4) is 0 Å². The normalized spacial score (nSPS) is 29.8. The maximum Gasteiger partial charge on any atom is 0.329 e. The van der Waals surface area contributed by atoms with Crippen LogP contribution in [-0.4, -0.2) is 41.1 Å². The number of likely N-dealkylation sites (tertiary alicyclic amines) is 1. The van der Waals surface area contributed by atoms with Gasteiger partial charge < -0.3 is 4.74 Å². The van der Waals surface area contributed by atoms with Gasteiger partial charge >= 0.3 is 5.97 Å². The zero-order chi connectivity index (χ0) is 19.3. The summed E-state index contributed by atoms with van der Waals surface area (Å²) in [7, 11) is 0. The molecule has 7 heteroatoms. The smallest absolute Gasteiger partial charge is 0.329 e. The largest absolute Gasteiger partial charge is 0.456 e. The number of fused-ring (bicyclic) bond motifs is 5. The first-order chi connectivity index (χ1) is 12.9. The van der Waals surface area contributed by atoms with Crippen molar-refractivity contribution in [2.75, 3.05) is 6.61 Å². The molecule has 142 valence electrons. The Morgan fingerprint density at radius 2 is 1.67 bits per heavy atom. The average molecular weight is 373 g/mol. The number of hydrogen-bond acceptors (Lipinski definition) is 5. The molecule has 0 N–H and O–H groups in total. The van der Waals surface area contributed by atoms with Gasteiger partial charge in [0.1, 0.15) is 11.9 Å². The predicted molar refractivity (Wildman–Crippen MR) is 90.8 cm³/mol. The van der Waals surface area contributed by atoms with Gasteiger partial charge in [-0.2, -0.15) is 0 Å². The number of carbonyl (C=O) groups excluding carboxylic acids is 4. The van der Waals surface area contributed by atoms with Gasteiger partial charge in [-0.3, -0.25) is 19.3 Å². The van der Waals surface area contributed by atoms with Crippen molar-refractivity contribution in [2.45, 2.75) is 32.2 Å². The number of benzene rings is 1. The number of esters is 1. The van der Waals surface area contributed by atoms with Gasteiger partial charge in [0.25, 0.3) is 0 Å². The lowest BCUT2D eigenvalue weighted by Crippen LogP contribution is -2.45. The molecule has 0 unspecified atom stereocenters. The summed E-state index contributed by atoms with van der Waals surface area (Å²) in [6.45, 7) is 0.923. The number of Topliss-reactive ketones (excluding diaryl/α,β-unsaturated/α-hetero) is 1. The molecule has 2 aliphatic carbocycles. The second kappa shape index (κ2) is 6.55. The van der Waals surface area contributed by atoms with Gasteiger partial charge in [-0.05, 0) is 62.3 Å². The van der Waals surface area contributed by atoms with E-state index >= 15 is 0 Å². The van der Waals surface area contributed by atoms with E-state index in [9.17, 15) is 23.6 Å². The van der Waals surface area contributed by atoms with Crippen LogP contribution in [-0.2, 0) is 19.1 Å². The van der Waals surface area contributed by atoms with E-state index in [0.717, 1.165) is 36.3 Å². The number of rotatable bonds is 5. The monoisotopic (exact) mass is 373 g/mol. The van der Waals surface area contributed by atoms with E-state index in [2.05, 4.69) is 0 Å². The molecule has 4 rings (SSSR count). The summed E-state index contributed by atoms with van der Waals surface area (Å²) < 4.78 is 17.9. The first-order valence-corrected chi connectivity index (χ1v) is 9.20. The van der Waals surface area contributed by atoms with E-state index in [1.807, 2.05) is 0 Å². The van der Waals surface area contributed by atoms with Gasteiger partial charge in [0, 0.05) is 5.56 Å². The molecular formula is C20H20FNO5. The molecule has 0 radical (unpaired) electrons. The lowest BCUT2D eigenvalue weighted by atomic mass is 9.81. The Balaban J connectivity index is 1.39. The van der Waals surface area contributed by atoms with Crippen LogP contribution in [0.2, 0.25) is 0 Å². The summed E-state index contributed by atoms with van der Waals surface area (Å²) in [6.07, 6.45) is 2.85. The van der Waals surface area contributed by atoms with Gasteiger partial charge in [0.2, 0.25) is 11.8 Å². The minimum absolute atomic E-state index is 0.219. The first-order valence-electron chi connectivity index (χ1n) is 9.20. The number of carbonyl (C=O) groups is 4. The van der Waals surface area contributed by atoms with Crippen molar-refractivity contribution in [3.63, 3.8) is 0 Å². The molecule has 2 amide bonds. The summed E-state index contributed by atoms with van der Waals surface area (Å²) in [5, 5.41) is 0. The minimum Gasteiger partial charge on any atom is -0.456 e. The lowest BCUT2D eigenvalue weighted by Gasteiger charge is -2.22. The third kappa shape index (κ3) is 2.85. The van der Waals surface area contributed by atoms with Crippen LogP contribution in [0.4, 0.5) is 4.39 Å². The molecule has 3 fully saturated rings. The molecule has 5 atom stereocenters. The van der Waals surface area contributed by atoms with Crippen molar-refractivity contribution in [3.05, 3.63) is 35.6 Å². The SMILES string of the molecule is C[C@@H](C(=O)OCC(=O)c1ccc(F)cc1)N1C(=O)[C@@H]2[C@H]3CC[C@@H](C3)[C@@H]2C1=O. The number of ether oxygens (including phenoxy) is 1. The third-order valence-electron chi connectivity index (χ3n) is 6.20. The molecule has 1 aromatic rings. The molecule has 1 aromatic carbocycles. The molecule has 2 bridgehead atoms. The Morgan fingerprint density at radius 3 is 2.22 bits per heavy atom. The van der Waals surface area contributed by atoms with Gasteiger partial charge in [0.05, 0.1) is 11.8 Å². The molecule has 27 heavy (non-hydrogen) atoms. The Bertz CT molecular complexity index is 792. The van der Waals surface area contributed by atoms with Crippen LogP contribution in [0.25, 0.3) is 0 Å². The fourth-order valence-corrected chi connectivity index (χ4v) is 4.90. The van der Waals surface area contributed by atoms with Crippen LogP contribution in [0.15, 0.2) is 24.3 Å². The third-order valence-corrected chi connectivity index (χ3v) is 6.20. The molecule has 0 aromatic heterocycles. The van der Waals surface area contributed by atoms with Crippen LogP contribution < -0.4 is 0 Å². The van der Waals surface area contributed by atoms with Gasteiger partial charge in [0.15, 0.2) is 12.4 Å².